The zero-order chi connectivity index (χ0) is 14.8. The second-order valence-electron chi connectivity index (χ2n) is 6.06. The van der Waals surface area contributed by atoms with Gasteiger partial charge in [0.15, 0.2) is 0 Å². The Kier molecular flexibility index (Phi) is 4.21. The van der Waals surface area contributed by atoms with Gasteiger partial charge in [0.25, 0.3) is 0 Å². The van der Waals surface area contributed by atoms with Gasteiger partial charge in [-0.3, -0.25) is 0 Å². The molecule has 1 aliphatic heterocycles. The molecule has 1 aromatic rings. The number of amides is 2. The summed E-state index contributed by atoms with van der Waals surface area (Å²) in [5.74, 6) is 0.868. The van der Waals surface area contributed by atoms with E-state index in [9.17, 15) is 4.79 Å². The molecule has 0 fully saturated rings. The largest absolute Gasteiger partial charge is 0.487 e. The molecule has 0 saturated carbocycles. The minimum absolute atomic E-state index is 0.00879. The first-order chi connectivity index (χ1) is 9.41. The van der Waals surface area contributed by atoms with Crippen LogP contribution in [0.15, 0.2) is 18.2 Å². The highest BCUT2D eigenvalue weighted by molar-refractivity contribution is 5.74. The molecule has 20 heavy (non-hydrogen) atoms. The standard InChI is InChI=1S/C16H24N2O2/c1-5-8-17-15(19)18-13-10-16(3,4)20-14-7-6-11(2)9-12(13)14/h6-7,9,13H,5,8,10H2,1-4H3,(H2,17,18,19). The van der Waals surface area contributed by atoms with Crippen molar-refractivity contribution in [1.82, 2.24) is 10.6 Å². The summed E-state index contributed by atoms with van der Waals surface area (Å²) in [6.07, 6.45) is 1.70. The van der Waals surface area contributed by atoms with Crippen LogP contribution in [0.1, 0.15) is 50.8 Å². The summed E-state index contributed by atoms with van der Waals surface area (Å²) >= 11 is 0. The maximum absolute atomic E-state index is 11.9. The molecule has 0 bridgehead atoms. The topological polar surface area (TPSA) is 50.4 Å². The van der Waals surface area contributed by atoms with Crippen molar-refractivity contribution in [2.45, 2.75) is 52.2 Å². The minimum atomic E-state index is -0.273. The van der Waals surface area contributed by atoms with E-state index < -0.39 is 0 Å². The monoisotopic (exact) mass is 276 g/mol. The Hall–Kier alpha value is -1.71. The third kappa shape index (κ3) is 3.44. The number of nitrogens with one attached hydrogen (secondary N) is 2. The van der Waals surface area contributed by atoms with Crippen molar-refractivity contribution >= 4 is 6.03 Å². The van der Waals surface area contributed by atoms with E-state index in [-0.39, 0.29) is 17.7 Å². The number of aryl methyl sites for hydroxylation is 1. The van der Waals surface area contributed by atoms with E-state index in [1.54, 1.807) is 0 Å². The van der Waals surface area contributed by atoms with Crippen molar-refractivity contribution in [2.24, 2.45) is 0 Å². The zero-order valence-electron chi connectivity index (χ0n) is 12.7. The number of hydrogen-bond acceptors (Lipinski definition) is 2. The van der Waals surface area contributed by atoms with Crippen LogP contribution in [0.2, 0.25) is 0 Å². The van der Waals surface area contributed by atoms with E-state index in [4.69, 9.17) is 4.74 Å². The highest BCUT2D eigenvalue weighted by atomic mass is 16.5. The lowest BCUT2D eigenvalue weighted by atomic mass is 9.89. The Bertz CT molecular complexity index is 497. The van der Waals surface area contributed by atoms with E-state index in [1.165, 1.54) is 5.56 Å². The fraction of sp³-hybridized carbons (Fsp3) is 0.562. The maximum atomic E-state index is 11.9. The molecule has 2 amide bonds. The number of fused-ring (bicyclic) bond motifs is 1. The maximum Gasteiger partial charge on any atom is 0.315 e. The molecule has 0 radical (unpaired) electrons. The van der Waals surface area contributed by atoms with Gasteiger partial charge in [-0.25, -0.2) is 4.79 Å². The average Bonchev–Trinajstić information content (AvgIpc) is 2.36. The van der Waals surface area contributed by atoms with Gasteiger partial charge in [0.1, 0.15) is 11.4 Å². The highest BCUT2D eigenvalue weighted by Gasteiger charge is 2.34. The zero-order valence-corrected chi connectivity index (χ0v) is 12.7. The fourth-order valence-electron chi connectivity index (χ4n) is 2.55. The minimum Gasteiger partial charge on any atom is -0.487 e. The average molecular weight is 276 g/mol. The van der Waals surface area contributed by atoms with Gasteiger partial charge in [-0.15, -0.1) is 0 Å². The van der Waals surface area contributed by atoms with Crippen LogP contribution in [0.4, 0.5) is 4.79 Å². The first-order valence-electron chi connectivity index (χ1n) is 7.25. The Morgan fingerprint density at radius 2 is 2.20 bits per heavy atom. The summed E-state index contributed by atoms with van der Waals surface area (Å²) in [4.78, 5) is 11.9. The van der Waals surface area contributed by atoms with Gasteiger partial charge in [0.05, 0.1) is 6.04 Å². The number of urea groups is 1. The first-order valence-corrected chi connectivity index (χ1v) is 7.25. The molecule has 4 heteroatoms. The summed E-state index contributed by atoms with van der Waals surface area (Å²) in [7, 11) is 0. The van der Waals surface area contributed by atoms with Crippen LogP contribution in [0, 0.1) is 6.92 Å². The molecule has 0 aromatic heterocycles. The summed E-state index contributed by atoms with van der Waals surface area (Å²) < 4.78 is 6.00. The first kappa shape index (κ1) is 14.7. The van der Waals surface area contributed by atoms with Gasteiger partial charge in [0, 0.05) is 18.5 Å². The molecular weight excluding hydrogens is 252 g/mol. The number of hydrogen-bond donors (Lipinski definition) is 2. The number of benzene rings is 1. The van der Waals surface area contributed by atoms with Crippen molar-refractivity contribution < 1.29 is 9.53 Å². The summed E-state index contributed by atoms with van der Waals surface area (Å²) in [6.45, 7) is 8.88. The van der Waals surface area contributed by atoms with Crippen molar-refractivity contribution in [3.8, 4) is 5.75 Å². The Morgan fingerprint density at radius 3 is 2.90 bits per heavy atom. The second-order valence-corrected chi connectivity index (χ2v) is 6.06. The predicted octanol–water partition coefficient (Wildman–Crippen LogP) is 3.31. The highest BCUT2D eigenvalue weighted by Crippen LogP contribution is 2.39. The van der Waals surface area contributed by atoms with Crippen molar-refractivity contribution in [2.75, 3.05) is 6.54 Å². The van der Waals surface area contributed by atoms with E-state index >= 15 is 0 Å². The molecule has 1 aromatic carbocycles. The second kappa shape index (κ2) is 5.73. The lowest BCUT2D eigenvalue weighted by Crippen LogP contribution is -2.44. The molecule has 0 saturated heterocycles. The Morgan fingerprint density at radius 1 is 1.45 bits per heavy atom. The van der Waals surface area contributed by atoms with Gasteiger partial charge in [-0.1, -0.05) is 24.6 Å². The van der Waals surface area contributed by atoms with Gasteiger partial charge in [-0.05, 0) is 33.3 Å². The molecule has 2 N–H and O–H groups in total. The third-order valence-electron chi connectivity index (χ3n) is 3.46. The molecule has 2 rings (SSSR count). The van der Waals surface area contributed by atoms with Crippen LogP contribution in [0.3, 0.4) is 0 Å². The van der Waals surface area contributed by atoms with Crippen LogP contribution >= 0.6 is 0 Å². The van der Waals surface area contributed by atoms with E-state index in [0.717, 1.165) is 24.2 Å². The molecule has 0 aliphatic carbocycles. The number of carbonyl (C=O) groups excluding carboxylic acids is 1. The summed E-state index contributed by atoms with van der Waals surface area (Å²) in [5.41, 5.74) is 1.97. The van der Waals surface area contributed by atoms with Crippen molar-refractivity contribution in [1.29, 1.82) is 0 Å². The smallest absolute Gasteiger partial charge is 0.315 e. The van der Waals surface area contributed by atoms with Crippen LogP contribution in [0.25, 0.3) is 0 Å². The Labute approximate surface area is 120 Å². The van der Waals surface area contributed by atoms with Crippen molar-refractivity contribution in [3.05, 3.63) is 29.3 Å². The van der Waals surface area contributed by atoms with Crippen LogP contribution in [-0.2, 0) is 0 Å². The van der Waals surface area contributed by atoms with Gasteiger partial charge < -0.3 is 15.4 Å². The SMILES string of the molecule is CCCNC(=O)NC1CC(C)(C)Oc2ccc(C)cc21. The normalized spacial score (nSPS) is 19.7. The van der Waals surface area contributed by atoms with E-state index in [0.29, 0.717) is 6.54 Å². The van der Waals surface area contributed by atoms with E-state index in [2.05, 4.69) is 30.5 Å². The van der Waals surface area contributed by atoms with Crippen LogP contribution in [0.5, 0.6) is 5.75 Å². The number of rotatable bonds is 3. The van der Waals surface area contributed by atoms with E-state index in [1.807, 2.05) is 26.0 Å². The summed E-state index contributed by atoms with van der Waals surface area (Å²) in [5, 5.41) is 5.92. The van der Waals surface area contributed by atoms with Gasteiger partial charge in [0.2, 0.25) is 0 Å². The van der Waals surface area contributed by atoms with Gasteiger partial charge >= 0.3 is 6.03 Å². The molecular formula is C16H24N2O2. The molecule has 110 valence electrons. The molecule has 4 nitrogen and oxygen atoms in total. The quantitative estimate of drug-likeness (QED) is 0.890. The Balaban J connectivity index is 2.20. The molecule has 1 unspecified atom stereocenters. The molecule has 1 aliphatic rings. The molecule has 1 atom stereocenters. The van der Waals surface area contributed by atoms with Crippen LogP contribution < -0.4 is 15.4 Å². The lowest BCUT2D eigenvalue weighted by Gasteiger charge is -2.38. The molecule has 1 heterocycles. The van der Waals surface area contributed by atoms with Gasteiger partial charge in [-0.2, -0.15) is 0 Å². The predicted molar refractivity (Wildman–Crippen MR) is 80.1 cm³/mol. The lowest BCUT2D eigenvalue weighted by molar-refractivity contribution is 0.0678. The number of ether oxygens (including phenoxy) is 1. The molecule has 0 spiro atoms. The third-order valence-corrected chi connectivity index (χ3v) is 3.46. The summed E-state index contributed by atoms with van der Waals surface area (Å²) in [6, 6.07) is 6.00. The van der Waals surface area contributed by atoms with Crippen LogP contribution in [-0.4, -0.2) is 18.2 Å². The number of carbonyl (C=O) groups is 1. The fourth-order valence-corrected chi connectivity index (χ4v) is 2.55. The van der Waals surface area contributed by atoms with Crippen molar-refractivity contribution in [3.63, 3.8) is 0 Å².